The van der Waals surface area contributed by atoms with E-state index in [1.54, 1.807) is 18.2 Å². The number of carbonyl (C=O) groups is 4. The fourth-order valence-corrected chi connectivity index (χ4v) is 3.94. The Balaban J connectivity index is 1.82. The summed E-state index contributed by atoms with van der Waals surface area (Å²) in [5.41, 5.74) is 1.73. The van der Waals surface area contributed by atoms with Gasteiger partial charge in [-0.2, -0.15) is 0 Å². The van der Waals surface area contributed by atoms with Crippen LogP contribution in [0.25, 0.3) is 0 Å². The Bertz CT molecular complexity index is 1110. The summed E-state index contributed by atoms with van der Waals surface area (Å²) in [6.45, 7) is 4.34. The minimum atomic E-state index is -1.01. The first-order valence-corrected chi connectivity index (χ1v) is 12.8. The average molecular weight is 522 g/mol. The molecule has 202 valence electrons. The SMILES string of the molecule is CC(C)C[C@@H]1NC(=O)[C@@H](NC(=O)OCc2ccccc2)Cc2ccc(cc2)OCCC/C=C(/C=O)NC1=O. The predicted molar refractivity (Wildman–Crippen MR) is 142 cm³/mol. The van der Waals surface area contributed by atoms with Crippen molar-refractivity contribution in [3.05, 3.63) is 77.5 Å². The van der Waals surface area contributed by atoms with Gasteiger partial charge in [0.05, 0.1) is 12.3 Å². The Morgan fingerprint density at radius 1 is 1.11 bits per heavy atom. The Morgan fingerprint density at radius 3 is 2.53 bits per heavy atom. The van der Waals surface area contributed by atoms with E-state index in [9.17, 15) is 19.2 Å². The van der Waals surface area contributed by atoms with Crippen LogP contribution in [0.2, 0.25) is 0 Å². The molecular formula is C29H35N3O6. The molecule has 0 fully saturated rings. The van der Waals surface area contributed by atoms with Crippen LogP contribution in [0.3, 0.4) is 0 Å². The van der Waals surface area contributed by atoms with Crippen LogP contribution in [-0.4, -0.2) is 42.9 Å². The van der Waals surface area contributed by atoms with Gasteiger partial charge in [0.25, 0.3) is 0 Å². The van der Waals surface area contributed by atoms with Gasteiger partial charge in [-0.25, -0.2) is 4.79 Å². The van der Waals surface area contributed by atoms with Gasteiger partial charge in [-0.05, 0) is 48.4 Å². The summed E-state index contributed by atoms with van der Waals surface area (Å²) in [4.78, 5) is 50.6. The summed E-state index contributed by atoms with van der Waals surface area (Å²) < 4.78 is 11.1. The molecule has 3 N–H and O–H groups in total. The van der Waals surface area contributed by atoms with Gasteiger partial charge < -0.3 is 25.4 Å². The number of fused-ring (bicyclic) bond motifs is 13. The lowest BCUT2D eigenvalue weighted by molar-refractivity contribution is -0.130. The number of amides is 3. The Labute approximate surface area is 223 Å². The molecule has 9 heteroatoms. The zero-order chi connectivity index (χ0) is 27.3. The van der Waals surface area contributed by atoms with Crippen LogP contribution in [0.15, 0.2) is 66.4 Å². The van der Waals surface area contributed by atoms with E-state index in [-0.39, 0.29) is 24.6 Å². The maximum absolute atomic E-state index is 13.4. The molecule has 0 aliphatic carbocycles. The Hall–Kier alpha value is -4.14. The van der Waals surface area contributed by atoms with Crippen molar-refractivity contribution < 1.29 is 28.7 Å². The third-order valence-corrected chi connectivity index (χ3v) is 5.90. The number of hydrogen-bond acceptors (Lipinski definition) is 6. The predicted octanol–water partition coefficient (Wildman–Crippen LogP) is 3.43. The van der Waals surface area contributed by atoms with Crippen LogP contribution in [0.5, 0.6) is 5.75 Å². The van der Waals surface area contributed by atoms with Gasteiger partial charge in [0.1, 0.15) is 24.4 Å². The van der Waals surface area contributed by atoms with E-state index in [4.69, 9.17) is 9.47 Å². The van der Waals surface area contributed by atoms with Gasteiger partial charge in [0.2, 0.25) is 11.8 Å². The molecule has 2 heterocycles. The summed E-state index contributed by atoms with van der Waals surface area (Å²) in [5.74, 6) is -0.293. The van der Waals surface area contributed by atoms with Crippen molar-refractivity contribution in [2.75, 3.05) is 6.61 Å². The third-order valence-electron chi connectivity index (χ3n) is 5.90. The van der Waals surface area contributed by atoms with Gasteiger partial charge >= 0.3 is 6.09 Å². The maximum Gasteiger partial charge on any atom is 0.408 e. The summed E-state index contributed by atoms with van der Waals surface area (Å²) in [6, 6.07) is 14.5. The molecule has 2 aromatic rings. The quantitative estimate of drug-likeness (QED) is 0.501. The molecule has 4 rings (SSSR count). The molecule has 0 aromatic heterocycles. The molecular weight excluding hydrogens is 486 g/mol. The maximum atomic E-state index is 13.4. The number of carbonyl (C=O) groups excluding carboxylic acids is 4. The second kappa shape index (κ2) is 14.6. The standard InChI is InChI=1S/C29H35N3O6/c1-20(2)16-25-27(34)30-23(18-33)10-6-7-15-37-24-13-11-21(12-14-24)17-26(28(35)31-25)32-29(36)38-19-22-8-4-3-5-9-22/h3-5,8-14,18,20,25-26H,6-7,15-17,19H2,1-2H3,(H,30,34)(H,31,35)(H,32,36)/b23-10-/t25-,26-/m0/s1. The summed E-state index contributed by atoms with van der Waals surface area (Å²) in [5, 5.41) is 8.02. The summed E-state index contributed by atoms with van der Waals surface area (Å²) in [6.07, 6.45) is 3.15. The highest BCUT2D eigenvalue weighted by Crippen LogP contribution is 2.15. The van der Waals surface area contributed by atoms with Crippen LogP contribution in [0, 0.1) is 5.92 Å². The first-order chi connectivity index (χ1) is 18.3. The monoisotopic (exact) mass is 521 g/mol. The molecule has 0 saturated carbocycles. The van der Waals surface area contributed by atoms with Crippen LogP contribution >= 0.6 is 0 Å². The number of ether oxygens (including phenoxy) is 2. The van der Waals surface area contributed by atoms with Crippen molar-refractivity contribution in [2.45, 2.75) is 58.2 Å². The first kappa shape index (κ1) is 28.4. The number of nitrogens with one attached hydrogen (secondary N) is 3. The average Bonchev–Trinajstić information content (AvgIpc) is 2.91. The Morgan fingerprint density at radius 2 is 1.84 bits per heavy atom. The lowest BCUT2D eigenvalue weighted by atomic mass is 10.0. The van der Waals surface area contributed by atoms with E-state index >= 15 is 0 Å². The molecule has 0 spiro atoms. The van der Waals surface area contributed by atoms with Crippen molar-refractivity contribution >= 4 is 24.2 Å². The second-order valence-electron chi connectivity index (χ2n) is 9.55. The minimum Gasteiger partial charge on any atom is -0.494 e. The van der Waals surface area contributed by atoms with Gasteiger partial charge in [0, 0.05) is 6.42 Å². The fourth-order valence-electron chi connectivity index (χ4n) is 3.94. The van der Waals surface area contributed by atoms with Crippen molar-refractivity contribution in [1.29, 1.82) is 0 Å². The fraction of sp³-hybridized carbons (Fsp3) is 0.379. The Kier molecular flexibility index (Phi) is 10.9. The van der Waals surface area contributed by atoms with Gasteiger partial charge in [-0.15, -0.1) is 0 Å². The van der Waals surface area contributed by atoms with Crippen molar-refractivity contribution in [3.63, 3.8) is 0 Å². The molecule has 0 saturated heterocycles. The minimum absolute atomic E-state index is 0.0479. The number of rotatable bonds is 6. The molecule has 2 aromatic carbocycles. The molecule has 3 amide bonds. The highest BCUT2D eigenvalue weighted by molar-refractivity contribution is 5.94. The summed E-state index contributed by atoms with van der Waals surface area (Å²) in [7, 11) is 0. The van der Waals surface area contributed by atoms with Crippen molar-refractivity contribution in [3.8, 4) is 5.75 Å². The van der Waals surface area contributed by atoms with E-state index in [2.05, 4.69) is 16.0 Å². The van der Waals surface area contributed by atoms with Crippen molar-refractivity contribution in [1.82, 2.24) is 16.0 Å². The molecule has 0 unspecified atom stereocenters. The van der Waals surface area contributed by atoms with Crippen molar-refractivity contribution in [2.24, 2.45) is 5.92 Å². The topological polar surface area (TPSA) is 123 Å². The number of aldehydes is 1. The van der Waals surface area contributed by atoms with E-state index in [0.717, 1.165) is 11.1 Å². The smallest absolute Gasteiger partial charge is 0.408 e. The second-order valence-corrected chi connectivity index (χ2v) is 9.55. The highest BCUT2D eigenvalue weighted by Gasteiger charge is 2.28. The lowest BCUT2D eigenvalue weighted by Crippen LogP contribution is -2.54. The lowest BCUT2D eigenvalue weighted by Gasteiger charge is -2.24. The zero-order valence-corrected chi connectivity index (χ0v) is 21.8. The van der Waals surface area contributed by atoms with E-state index in [1.165, 1.54) is 0 Å². The van der Waals surface area contributed by atoms with Gasteiger partial charge in [-0.3, -0.25) is 14.4 Å². The number of hydrogen-bond donors (Lipinski definition) is 3. The molecule has 2 aliphatic rings. The first-order valence-electron chi connectivity index (χ1n) is 12.8. The van der Waals surface area contributed by atoms with Crippen LogP contribution in [0.4, 0.5) is 4.79 Å². The van der Waals surface area contributed by atoms with E-state index < -0.39 is 30.0 Å². The number of benzene rings is 2. The van der Waals surface area contributed by atoms with Gasteiger partial charge in [0.15, 0.2) is 6.29 Å². The normalized spacial score (nSPS) is 20.2. The molecule has 2 aliphatic heterocycles. The molecule has 0 radical (unpaired) electrons. The highest BCUT2D eigenvalue weighted by atomic mass is 16.5. The third kappa shape index (κ3) is 9.38. The van der Waals surface area contributed by atoms with Gasteiger partial charge in [-0.1, -0.05) is 62.4 Å². The molecule has 38 heavy (non-hydrogen) atoms. The van der Waals surface area contributed by atoms with Crippen LogP contribution < -0.4 is 20.7 Å². The van der Waals surface area contributed by atoms with E-state index in [0.29, 0.717) is 37.9 Å². The largest absolute Gasteiger partial charge is 0.494 e. The number of alkyl carbamates (subject to hydrolysis) is 1. The van der Waals surface area contributed by atoms with Crippen LogP contribution in [-0.2, 0) is 32.1 Å². The molecule has 2 bridgehead atoms. The summed E-state index contributed by atoms with van der Waals surface area (Å²) >= 11 is 0. The van der Waals surface area contributed by atoms with Crippen LogP contribution in [0.1, 0.15) is 44.2 Å². The number of allylic oxidation sites excluding steroid dienone is 2. The molecule has 9 nitrogen and oxygen atoms in total. The zero-order valence-electron chi connectivity index (χ0n) is 21.8. The molecule has 2 atom stereocenters. The van der Waals surface area contributed by atoms with E-state index in [1.807, 2.05) is 56.3 Å².